The third-order valence-electron chi connectivity index (χ3n) is 3.77. The summed E-state index contributed by atoms with van der Waals surface area (Å²) >= 11 is 0. The van der Waals surface area contributed by atoms with Crippen LogP contribution < -0.4 is 5.32 Å². The van der Waals surface area contributed by atoms with Gasteiger partial charge in [-0.2, -0.15) is 0 Å². The third-order valence-corrected chi connectivity index (χ3v) is 3.77. The van der Waals surface area contributed by atoms with Crippen LogP contribution >= 0.6 is 0 Å². The number of imidazole rings is 1. The Balaban J connectivity index is 1.55. The second-order valence-corrected chi connectivity index (χ2v) is 5.32. The van der Waals surface area contributed by atoms with Gasteiger partial charge in [-0.1, -0.05) is 12.1 Å². The number of aromatic nitrogens is 2. The minimum atomic E-state index is -0.253. The Morgan fingerprint density at radius 2 is 2.19 bits per heavy atom. The molecule has 2 aromatic rings. The maximum absolute atomic E-state index is 12.0. The standard InChI is InChI=1S/C16H19N3O2/c20-14-6-2-1-5-13(14)16(21)17-9-8-12-11-19-10-4-3-7-15(19)18-12/h1-2,5-6,11,20H,3-4,7-10H2,(H,17,21). The smallest absolute Gasteiger partial charge is 0.255 e. The van der Waals surface area contributed by atoms with Crippen molar-refractivity contribution in [2.24, 2.45) is 0 Å². The number of phenolic OH excluding ortho intramolecular Hbond substituents is 1. The zero-order valence-corrected chi connectivity index (χ0v) is 11.9. The highest BCUT2D eigenvalue weighted by molar-refractivity contribution is 5.96. The van der Waals surface area contributed by atoms with Crippen LogP contribution in [0.3, 0.4) is 0 Å². The van der Waals surface area contributed by atoms with Crippen LogP contribution in [-0.2, 0) is 19.4 Å². The molecule has 1 aromatic carbocycles. The Labute approximate surface area is 123 Å². The molecule has 0 spiro atoms. The highest BCUT2D eigenvalue weighted by atomic mass is 16.3. The second-order valence-electron chi connectivity index (χ2n) is 5.32. The lowest BCUT2D eigenvalue weighted by Gasteiger charge is -2.11. The van der Waals surface area contributed by atoms with Crippen molar-refractivity contribution >= 4 is 5.91 Å². The van der Waals surface area contributed by atoms with E-state index in [2.05, 4.69) is 21.1 Å². The molecule has 0 aliphatic carbocycles. The van der Waals surface area contributed by atoms with Crippen LogP contribution in [0.2, 0.25) is 0 Å². The van der Waals surface area contributed by atoms with Crippen LogP contribution in [0.1, 0.15) is 34.7 Å². The average Bonchev–Trinajstić information content (AvgIpc) is 2.90. The lowest BCUT2D eigenvalue weighted by atomic mass is 10.2. The van der Waals surface area contributed by atoms with Crippen molar-refractivity contribution in [3.63, 3.8) is 0 Å². The number of fused-ring (bicyclic) bond motifs is 1. The van der Waals surface area contributed by atoms with Gasteiger partial charge in [0.15, 0.2) is 0 Å². The molecule has 110 valence electrons. The molecule has 5 nitrogen and oxygen atoms in total. The summed E-state index contributed by atoms with van der Waals surface area (Å²) in [5.41, 5.74) is 1.33. The Kier molecular flexibility index (Phi) is 3.90. The van der Waals surface area contributed by atoms with Gasteiger partial charge in [0, 0.05) is 32.1 Å². The van der Waals surface area contributed by atoms with E-state index in [4.69, 9.17) is 0 Å². The number of aryl methyl sites for hydroxylation is 2. The molecule has 21 heavy (non-hydrogen) atoms. The molecule has 0 radical (unpaired) electrons. The lowest BCUT2D eigenvalue weighted by Crippen LogP contribution is -2.25. The highest BCUT2D eigenvalue weighted by Crippen LogP contribution is 2.16. The molecule has 0 saturated heterocycles. The van der Waals surface area contributed by atoms with E-state index >= 15 is 0 Å². The third kappa shape index (κ3) is 3.07. The zero-order valence-electron chi connectivity index (χ0n) is 11.9. The van der Waals surface area contributed by atoms with Gasteiger partial charge in [0.05, 0.1) is 11.3 Å². The van der Waals surface area contributed by atoms with Crippen LogP contribution in [0, 0.1) is 0 Å². The second kappa shape index (κ2) is 5.99. The number of hydrogen-bond acceptors (Lipinski definition) is 3. The number of hydrogen-bond donors (Lipinski definition) is 2. The molecule has 3 rings (SSSR count). The van der Waals surface area contributed by atoms with Crippen molar-refractivity contribution in [1.29, 1.82) is 0 Å². The summed E-state index contributed by atoms with van der Waals surface area (Å²) in [5, 5.41) is 12.5. The fraction of sp³-hybridized carbons (Fsp3) is 0.375. The summed E-state index contributed by atoms with van der Waals surface area (Å²) < 4.78 is 2.21. The highest BCUT2D eigenvalue weighted by Gasteiger charge is 2.13. The van der Waals surface area contributed by atoms with Crippen LogP contribution in [-0.4, -0.2) is 27.1 Å². The summed E-state index contributed by atoms with van der Waals surface area (Å²) in [4.78, 5) is 16.6. The molecule has 2 heterocycles. The molecular formula is C16H19N3O2. The van der Waals surface area contributed by atoms with Crippen molar-refractivity contribution in [2.45, 2.75) is 32.2 Å². The molecule has 0 atom stereocenters. The fourth-order valence-corrected chi connectivity index (χ4v) is 2.66. The maximum atomic E-state index is 12.0. The number of carbonyl (C=O) groups is 1. The van der Waals surface area contributed by atoms with Gasteiger partial charge in [0.1, 0.15) is 11.6 Å². The molecule has 1 aliphatic rings. The van der Waals surface area contributed by atoms with Crippen LogP contribution in [0.15, 0.2) is 30.5 Å². The van der Waals surface area contributed by atoms with Gasteiger partial charge < -0.3 is 15.0 Å². The lowest BCUT2D eigenvalue weighted by molar-refractivity contribution is 0.0951. The molecule has 0 saturated carbocycles. The monoisotopic (exact) mass is 285 g/mol. The number of amides is 1. The quantitative estimate of drug-likeness (QED) is 0.901. The molecule has 1 aliphatic heterocycles. The van der Waals surface area contributed by atoms with Gasteiger partial charge in [-0.25, -0.2) is 4.98 Å². The first-order chi connectivity index (χ1) is 10.2. The normalized spacial score (nSPS) is 13.7. The Morgan fingerprint density at radius 3 is 3.00 bits per heavy atom. The number of nitrogens with one attached hydrogen (secondary N) is 1. The van der Waals surface area contributed by atoms with Gasteiger partial charge in [0.25, 0.3) is 5.91 Å². The van der Waals surface area contributed by atoms with Crippen LogP contribution in [0.25, 0.3) is 0 Å². The summed E-state index contributed by atoms with van der Waals surface area (Å²) in [6.07, 6.45) is 6.26. The SMILES string of the molecule is O=C(NCCc1cn2c(n1)CCCC2)c1ccccc1O. The number of rotatable bonds is 4. The minimum absolute atomic E-state index is 0.00690. The molecule has 0 fully saturated rings. The van der Waals surface area contributed by atoms with Gasteiger partial charge in [-0.3, -0.25) is 4.79 Å². The minimum Gasteiger partial charge on any atom is -0.507 e. The van der Waals surface area contributed by atoms with E-state index in [1.54, 1.807) is 18.2 Å². The van der Waals surface area contributed by atoms with Crippen molar-refractivity contribution < 1.29 is 9.90 Å². The number of nitrogens with zero attached hydrogens (tertiary/aromatic N) is 2. The van der Waals surface area contributed by atoms with E-state index < -0.39 is 0 Å². The molecular weight excluding hydrogens is 266 g/mol. The van der Waals surface area contributed by atoms with Gasteiger partial charge in [0.2, 0.25) is 0 Å². The molecule has 0 unspecified atom stereocenters. The average molecular weight is 285 g/mol. The number of phenols is 1. The Bertz CT molecular complexity index is 625. The summed E-state index contributed by atoms with van der Waals surface area (Å²) in [5.74, 6) is 0.910. The van der Waals surface area contributed by atoms with E-state index in [0.29, 0.717) is 18.5 Å². The molecule has 0 bridgehead atoms. The van der Waals surface area contributed by atoms with Crippen LogP contribution in [0.4, 0.5) is 0 Å². The number of benzene rings is 1. The summed E-state index contributed by atoms with van der Waals surface area (Å²) in [6, 6.07) is 6.55. The van der Waals surface area contributed by atoms with Crippen molar-refractivity contribution in [3.8, 4) is 5.75 Å². The van der Waals surface area contributed by atoms with E-state index in [0.717, 1.165) is 24.5 Å². The summed E-state index contributed by atoms with van der Waals surface area (Å²) in [7, 11) is 0. The molecule has 1 aromatic heterocycles. The Hall–Kier alpha value is -2.30. The largest absolute Gasteiger partial charge is 0.507 e. The van der Waals surface area contributed by atoms with E-state index in [-0.39, 0.29) is 11.7 Å². The first kappa shape index (κ1) is 13.7. The van der Waals surface area contributed by atoms with Crippen molar-refractivity contribution in [2.75, 3.05) is 6.54 Å². The fourth-order valence-electron chi connectivity index (χ4n) is 2.66. The van der Waals surface area contributed by atoms with E-state index in [1.807, 2.05) is 0 Å². The predicted octanol–water partition coefficient (Wildman–Crippen LogP) is 1.90. The van der Waals surface area contributed by atoms with E-state index in [9.17, 15) is 9.90 Å². The summed E-state index contributed by atoms with van der Waals surface area (Å²) in [6.45, 7) is 1.57. The first-order valence-corrected chi connectivity index (χ1v) is 7.35. The zero-order chi connectivity index (χ0) is 14.7. The van der Waals surface area contributed by atoms with Crippen LogP contribution in [0.5, 0.6) is 5.75 Å². The predicted molar refractivity (Wildman–Crippen MR) is 79.3 cm³/mol. The first-order valence-electron chi connectivity index (χ1n) is 7.35. The maximum Gasteiger partial charge on any atom is 0.255 e. The topological polar surface area (TPSA) is 67.2 Å². The van der Waals surface area contributed by atoms with Gasteiger partial charge >= 0.3 is 0 Å². The molecule has 1 amide bonds. The molecule has 2 N–H and O–H groups in total. The van der Waals surface area contributed by atoms with E-state index in [1.165, 1.54) is 18.9 Å². The van der Waals surface area contributed by atoms with Crippen molar-refractivity contribution in [1.82, 2.24) is 14.9 Å². The van der Waals surface area contributed by atoms with Gasteiger partial charge in [-0.05, 0) is 25.0 Å². The Morgan fingerprint density at radius 1 is 1.33 bits per heavy atom. The van der Waals surface area contributed by atoms with Crippen molar-refractivity contribution in [3.05, 3.63) is 47.5 Å². The molecule has 5 heteroatoms. The number of para-hydroxylation sites is 1. The number of aromatic hydroxyl groups is 1. The number of carbonyl (C=O) groups excluding carboxylic acids is 1. The van der Waals surface area contributed by atoms with Gasteiger partial charge in [-0.15, -0.1) is 0 Å².